The van der Waals surface area contributed by atoms with Crippen LogP contribution in [0.15, 0.2) is 30.7 Å². The first-order valence-corrected chi connectivity index (χ1v) is 6.38. The molecule has 0 atom stereocenters. The van der Waals surface area contributed by atoms with Gasteiger partial charge in [0.15, 0.2) is 11.6 Å². The van der Waals surface area contributed by atoms with Gasteiger partial charge in [-0.2, -0.15) is 0 Å². The molecule has 0 aliphatic rings. The summed E-state index contributed by atoms with van der Waals surface area (Å²) in [7, 11) is 1.59. The highest BCUT2D eigenvalue weighted by Crippen LogP contribution is 2.24. The van der Waals surface area contributed by atoms with Crippen LogP contribution >= 0.6 is 0 Å². The smallest absolute Gasteiger partial charge is 0.166 e. The molecule has 0 fully saturated rings. The fourth-order valence-electron chi connectivity index (χ4n) is 2.28. The number of nitrogens with one attached hydrogen (secondary N) is 1. The molecule has 0 radical (unpaired) electrons. The third-order valence-electron chi connectivity index (χ3n) is 3.31. The van der Waals surface area contributed by atoms with Crippen molar-refractivity contribution in [3.05, 3.63) is 47.4 Å². The molecule has 3 heterocycles. The zero-order valence-corrected chi connectivity index (χ0v) is 11.5. The van der Waals surface area contributed by atoms with Gasteiger partial charge in [-0.25, -0.2) is 9.97 Å². The van der Waals surface area contributed by atoms with Crippen molar-refractivity contribution in [1.82, 2.24) is 15.0 Å². The number of H-pyrrole nitrogens is 1. The van der Waals surface area contributed by atoms with Gasteiger partial charge in [-0.1, -0.05) is 0 Å². The van der Waals surface area contributed by atoms with Crippen molar-refractivity contribution in [1.29, 1.82) is 0 Å². The highest BCUT2D eigenvalue weighted by molar-refractivity contribution is 5.80. The van der Waals surface area contributed by atoms with Gasteiger partial charge in [-0.3, -0.25) is 0 Å². The molecular formula is C15H16N4O. The Kier molecular flexibility index (Phi) is 3.02. The van der Waals surface area contributed by atoms with Gasteiger partial charge in [0.05, 0.1) is 7.11 Å². The molecule has 0 saturated heterocycles. The fourth-order valence-corrected chi connectivity index (χ4v) is 2.28. The lowest BCUT2D eigenvalue weighted by Gasteiger charge is -2.06. The molecule has 3 rings (SSSR count). The number of hydrogen-bond acceptors (Lipinski definition) is 4. The summed E-state index contributed by atoms with van der Waals surface area (Å²) in [6, 6.07) is 4.06. The lowest BCUT2D eigenvalue weighted by molar-refractivity contribution is 0.415. The van der Waals surface area contributed by atoms with Crippen molar-refractivity contribution in [3.63, 3.8) is 0 Å². The summed E-state index contributed by atoms with van der Waals surface area (Å²) in [6.07, 6.45) is 6.38. The number of pyridine rings is 2. The van der Waals surface area contributed by atoms with E-state index < -0.39 is 0 Å². The zero-order chi connectivity index (χ0) is 14.1. The Bertz CT molecular complexity index is 764. The van der Waals surface area contributed by atoms with Crippen molar-refractivity contribution in [2.45, 2.75) is 13.3 Å². The summed E-state index contributed by atoms with van der Waals surface area (Å²) < 4.78 is 5.20. The van der Waals surface area contributed by atoms with Crippen LogP contribution in [0.5, 0.6) is 5.75 Å². The van der Waals surface area contributed by atoms with E-state index in [1.807, 2.05) is 25.4 Å². The number of hydrogen-bond donors (Lipinski definition) is 2. The first kappa shape index (κ1) is 12.5. The maximum absolute atomic E-state index is 5.73. The molecule has 0 aliphatic heterocycles. The number of ether oxygens (including phenoxy) is 1. The van der Waals surface area contributed by atoms with Crippen LogP contribution in [0.25, 0.3) is 11.0 Å². The van der Waals surface area contributed by atoms with Crippen molar-refractivity contribution in [2.75, 3.05) is 12.8 Å². The van der Waals surface area contributed by atoms with Crippen LogP contribution in [-0.2, 0) is 6.42 Å². The average Bonchev–Trinajstić information content (AvgIpc) is 2.83. The van der Waals surface area contributed by atoms with Gasteiger partial charge in [0.25, 0.3) is 0 Å². The zero-order valence-electron chi connectivity index (χ0n) is 11.5. The van der Waals surface area contributed by atoms with E-state index in [2.05, 4.69) is 21.0 Å². The molecule has 0 spiro atoms. The van der Waals surface area contributed by atoms with Gasteiger partial charge in [-0.05, 0) is 35.7 Å². The van der Waals surface area contributed by atoms with Gasteiger partial charge in [-0.15, -0.1) is 0 Å². The van der Waals surface area contributed by atoms with Gasteiger partial charge >= 0.3 is 0 Å². The van der Waals surface area contributed by atoms with Crippen LogP contribution in [0.4, 0.5) is 5.82 Å². The van der Waals surface area contributed by atoms with E-state index >= 15 is 0 Å². The lowest BCUT2D eigenvalue weighted by Crippen LogP contribution is -1.98. The van der Waals surface area contributed by atoms with Gasteiger partial charge in [0.2, 0.25) is 0 Å². The van der Waals surface area contributed by atoms with Crippen LogP contribution in [0.1, 0.15) is 16.7 Å². The monoisotopic (exact) mass is 268 g/mol. The Morgan fingerprint density at radius 3 is 2.90 bits per heavy atom. The Morgan fingerprint density at radius 2 is 2.10 bits per heavy atom. The summed E-state index contributed by atoms with van der Waals surface area (Å²) in [4.78, 5) is 11.7. The molecule has 5 nitrogen and oxygen atoms in total. The second-order valence-corrected chi connectivity index (χ2v) is 4.83. The average molecular weight is 268 g/mol. The molecular weight excluding hydrogens is 252 g/mol. The van der Waals surface area contributed by atoms with Gasteiger partial charge in [0.1, 0.15) is 5.65 Å². The number of nitrogens with two attached hydrogens (primary N) is 1. The molecule has 3 N–H and O–H groups in total. The quantitative estimate of drug-likeness (QED) is 0.765. The van der Waals surface area contributed by atoms with E-state index in [-0.39, 0.29) is 0 Å². The highest BCUT2D eigenvalue weighted by Gasteiger charge is 2.08. The number of methoxy groups -OCH3 is 1. The first-order chi connectivity index (χ1) is 9.67. The minimum atomic E-state index is 0.410. The van der Waals surface area contributed by atoms with E-state index in [1.165, 1.54) is 5.56 Å². The standard InChI is InChI=1S/C15H16N4O/c1-9-3-12-11(8-19-15(12)18-6-9)4-10-5-13(20-2)14(16)17-7-10/h3,5-8H,4H2,1-2H3,(H2,16,17)(H,18,19). The molecule has 0 saturated carbocycles. The lowest BCUT2D eigenvalue weighted by atomic mass is 10.1. The normalized spacial score (nSPS) is 10.9. The minimum absolute atomic E-state index is 0.410. The number of anilines is 1. The van der Waals surface area contributed by atoms with E-state index in [0.717, 1.165) is 28.6 Å². The topological polar surface area (TPSA) is 76.8 Å². The Morgan fingerprint density at radius 1 is 1.25 bits per heavy atom. The van der Waals surface area contributed by atoms with E-state index in [0.29, 0.717) is 11.6 Å². The Labute approximate surface area is 116 Å². The number of nitrogen functional groups attached to an aromatic ring is 1. The summed E-state index contributed by atoms with van der Waals surface area (Å²) in [5, 5.41) is 1.14. The predicted molar refractivity (Wildman–Crippen MR) is 78.8 cm³/mol. The van der Waals surface area contributed by atoms with E-state index in [9.17, 15) is 0 Å². The molecule has 3 aromatic heterocycles. The molecule has 102 valence electrons. The summed E-state index contributed by atoms with van der Waals surface area (Å²) >= 11 is 0. The number of aromatic nitrogens is 3. The van der Waals surface area contributed by atoms with Crippen LogP contribution in [0, 0.1) is 6.92 Å². The molecule has 0 unspecified atom stereocenters. The largest absolute Gasteiger partial charge is 0.493 e. The van der Waals surface area contributed by atoms with Crippen LogP contribution in [0.2, 0.25) is 0 Å². The first-order valence-electron chi connectivity index (χ1n) is 6.38. The maximum Gasteiger partial charge on any atom is 0.166 e. The Balaban J connectivity index is 1.99. The SMILES string of the molecule is COc1cc(Cc2c[nH]c3ncc(C)cc23)cnc1N. The molecule has 0 bridgehead atoms. The summed E-state index contributed by atoms with van der Waals surface area (Å²) in [5.74, 6) is 1.02. The molecule has 3 aromatic rings. The molecule has 5 heteroatoms. The molecule has 0 amide bonds. The third-order valence-corrected chi connectivity index (χ3v) is 3.31. The summed E-state index contributed by atoms with van der Waals surface area (Å²) in [5.41, 5.74) is 10.0. The van der Waals surface area contributed by atoms with Crippen LogP contribution < -0.4 is 10.5 Å². The van der Waals surface area contributed by atoms with Crippen molar-refractivity contribution >= 4 is 16.9 Å². The molecule has 0 aromatic carbocycles. The fraction of sp³-hybridized carbons (Fsp3) is 0.200. The second kappa shape index (κ2) is 4.85. The highest BCUT2D eigenvalue weighted by atomic mass is 16.5. The summed E-state index contributed by atoms with van der Waals surface area (Å²) in [6.45, 7) is 2.04. The van der Waals surface area contributed by atoms with Crippen LogP contribution in [0.3, 0.4) is 0 Å². The molecule has 0 aliphatic carbocycles. The molecule has 20 heavy (non-hydrogen) atoms. The van der Waals surface area contributed by atoms with E-state index in [4.69, 9.17) is 10.5 Å². The predicted octanol–water partition coefficient (Wildman–Crippen LogP) is 2.45. The third kappa shape index (κ3) is 2.18. The van der Waals surface area contributed by atoms with Gasteiger partial charge < -0.3 is 15.5 Å². The van der Waals surface area contributed by atoms with Crippen LogP contribution in [-0.4, -0.2) is 22.1 Å². The minimum Gasteiger partial charge on any atom is -0.493 e. The number of rotatable bonds is 3. The number of fused-ring (bicyclic) bond motifs is 1. The number of aryl methyl sites for hydroxylation is 1. The maximum atomic E-state index is 5.73. The van der Waals surface area contributed by atoms with E-state index in [1.54, 1.807) is 13.3 Å². The van der Waals surface area contributed by atoms with Gasteiger partial charge in [0, 0.05) is 30.4 Å². The van der Waals surface area contributed by atoms with Crippen molar-refractivity contribution in [2.24, 2.45) is 0 Å². The number of nitrogens with zero attached hydrogens (tertiary/aromatic N) is 2. The number of aromatic amines is 1. The Hall–Kier alpha value is -2.56. The van der Waals surface area contributed by atoms with Crippen molar-refractivity contribution in [3.8, 4) is 5.75 Å². The second-order valence-electron chi connectivity index (χ2n) is 4.83. The van der Waals surface area contributed by atoms with Crippen molar-refractivity contribution < 1.29 is 4.74 Å².